The molecule has 1 N–H and O–H groups in total. The summed E-state index contributed by atoms with van der Waals surface area (Å²) in [5.41, 5.74) is -0.744. The molecule has 0 unspecified atom stereocenters. The minimum atomic E-state index is -4.48. The second kappa shape index (κ2) is 7.80. The molecule has 2 rings (SSSR count). The van der Waals surface area contributed by atoms with E-state index in [1.54, 1.807) is 0 Å². The predicted octanol–water partition coefficient (Wildman–Crippen LogP) is 4.63. The molecule has 0 aromatic heterocycles. The molecule has 26 heavy (non-hydrogen) atoms. The van der Waals surface area contributed by atoms with Gasteiger partial charge in [0.25, 0.3) is 0 Å². The van der Waals surface area contributed by atoms with E-state index in [2.05, 4.69) is 5.32 Å². The van der Waals surface area contributed by atoms with Crippen molar-refractivity contribution in [1.82, 2.24) is 5.32 Å². The number of halogens is 6. The van der Waals surface area contributed by atoms with Crippen molar-refractivity contribution in [2.45, 2.75) is 25.2 Å². The number of carbonyl (C=O) groups is 1. The Morgan fingerprint density at radius 1 is 0.808 bits per heavy atom. The highest BCUT2D eigenvalue weighted by Gasteiger charge is 2.31. The Bertz CT molecular complexity index is 750. The lowest BCUT2D eigenvalue weighted by Gasteiger charge is -2.10. The van der Waals surface area contributed by atoms with E-state index in [1.807, 2.05) is 0 Å². The summed E-state index contributed by atoms with van der Waals surface area (Å²) in [5, 5.41) is 2.54. The maximum absolute atomic E-state index is 12.6. The largest absolute Gasteiger partial charge is 0.416 e. The van der Waals surface area contributed by atoms with E-state index in [0.29, 0.717) is 12.0 Å². The lowest BCUT2D eigenvalue weighted by molar-refractivity contribution is -0.138. The maximum Gasteiger partial charge on any atom is 0.416 e. The molecule has 0 saturated heterocycles. The van der Waals surface area contributed by atoms with Crippen LogP contribution >= 0.6 is 0 Å². The van der Waals surface area contributed by atoms with Gasteiger partial charge in [0.2, 0.25) is 5.91 Å². The zero-order valence-electron chi connectivity index (χ0n) is 13.4. The Morgan fingerprint density at radius 2 is 1.42 bits per heavy atom. The van der Waals surface area contributed by atoms with Crippen LogP contribution < -0.4 is 5.32 Å². The molecule has 0 fully saturated rings. The molecule has 2 aromatic carbocycles. The Labute approximate surface area is 145 Å². The van der Waals surface area contributed by atoms with Crippen LogP contribution in [0, 0.1) is 0 Å². The molecule has 0 aliphatic carbocycles. The third kappa shape index (κ3) is 5.79. The third-order valence-corrected chi connectivity index (χ3v) is 3.64. The molecule has 2 nitrogen and oxygen atoms in total. The van der Waals surface area contributed by atoms with Crippen LogP contribution in [0.3, 0.4) is 0 Å². The van der Waals surface area contributed by atoms with Crippen LogP contribution in [0.25, 0.3) is 0 Å². The fraction of sp³-hybridized carbons (Fsp3) is 0.278. The number of nitrogens with one attached hydrogen (secondary N) is 1. The molecule has 0 aliphatic heterocycles. The first-order valence-electron chi connectivity index (χ1n) is 7.64. The summed E-state index contributed by atoms with van der Waals surface area (Å²) in [6, 6.07) is 9.04. The summed E-state index contributed by atoms with van der Waals surface area (Å²) < 4.78 is 75.3. The minimum Gasteiger partial charge on any atom is -0.355 e. The van der Waals surface area contributed by atoms with Crippen molar-refractivity contribution in [3.63, 3.8) is 0 Å². The summed E-state index contributed by atoms with van der Waals surface area (Å²) in [5.74, 6) is -0.462. The summed E-state index contributed by atoms with van der Waals surface area (Å²) in [6.45, 7) is 0.170. The van der Waals surface area contributed by atoms with Crippen molar-refractivity contribution in [3.05, 3.63) is 70.8 Å². The number of alkyl halides is 6. The molecular weight excluding hydrogens is 360 g/mol. The number of rotatable bonds is 5. The molecule has 140 valence electrons. The van der Waals surface area contributed by atoms with Gasteiger partial charge in [0, 0.05) is 6.54 Å². The van der Waals surface area contributed by atoms with E-state index >= 15 is 0 Å². The SMILES string of the molecule is O=C(Cc1cccc(C(F)(F)F)c1)NCCc1ccc(C(F)(F)F)cc1. The standard InChI is InChI=1S/C18H15F6NO/c19-17(20,21)14-6-4-12(5-7-14)8-9-25-16(26)11-13-2-1-3-15(10-13)18(22,23)24/h1-7,10H,8-9,11H2,(H,25,26). The van der Waals surface area contributed by atoms with E-state index in [-0.39, 0.29) is 18.5 Å². The normalized spacial score (nSPS) is 12.1. The first kappa shape index (κ1) is 19.8. The lowest BCUT2D eigenvalue weighted by Crippen LogP contribution is -2.27. The van der Waals surface area contributed by atoms with Gasteiger partial charge in [0.15, 0.2) is 0 Å². The zero-order valence-corrected chi connectivity index (χ0v) is 13.4. The molecule has 0 heterocycles. The van der Waals surface area contributed by atoms with E-state index < -0.39 is 29.4 Å². The van der Waals surface area contributed by atoms with Gasteiger partial charge < -0.3 is 5.32 Å². The van der Waals surface area contributed by atoms with Gasteiger partial charge in [0.05, 0.1) is 17.5 Å². The zero-order chi connectivity index (χ0) is 19.4. The average Bonchev–Trinajstić information content (AvgIpc) is 2.54. The summed E-state index contributed by atoms with van der Waals surface area (Å²) >= 11 is 0. The van der Waals surface area contributed by atoms with Crippen LogP contribution in [0.15, 0.2) is 48.5 Å². The fourth-order valence-electron chi connectivity index (χ4n) is 2.31. The van der Waals surface area contributed by atoms with Crippen LogP contribution in [-0.2, 0) is 30.0 Å². The quantitative estimate of drug-likeness (QED) is 0.759. The number of hydrogen-bond acceptors (Lipinski definition) is 1. The van der Waals surface area contributed by atoms with Crippen molar-refractivity contribution in [3.8, 4) is 0 Å². The Kier molecular flexibility index (Phi) is 5.94. The van der Waals surface area contributed by atoms with Gasteiger partial charge in [-0.05, 0) is 35.7 Å². The number of hydrogen-bond donors (Lipinski definition) is 1. The van der Waals surface area contributed by atoms with E-state index in [0.717, 1.165) is 24.3 Å². The summed E-state index contributed by atoms with van der Waals surface area (Å²) in [7, 11) is 0. The summed E-state index contributed by atoms with van der Waals surface area (Å²) in [6.07, 6.45) is -8.78. The molecule has 0 atom stereocenters. The Balaban J connectivity index is 1.84. The van der Waals surface area contributed by atoms with Crippen LogP contribution in [-0.4, -0.2) is 12.5 Å². The van der Waals surface area contributed by atoms with Crippen molar-refractivity contribution in [2.24, 2.45) is 0 Å². The van der Waals surface area contributed by atoms with Crippen LogP contribution in [0.1, 0.15) is 22.3 Å². The number of benzene rings is 2. The van der Waals surface area contributed by atoms with Gasteiger partial charge in [0.1, 0.15) is 0 Å². The molecular formula is C18H15F6NO. The first-order valence-corrected chi connectivity index (χ1v) is 7.64. The molecule has 0 bridgehead atoms. The van der Waals surface area contributed by atoms with Crippen LogP contribution in [0.4, 0.5) is 26.3 Å². The summed E-state index contributed by atoms with van der Waals surface area (Å²) in [4.78, 5) is 11.8. The Hall–Kier alpha value is -2.51. The molecule has 1 amide bonds. The molecule has 0 aliphatic rings. The lowest BCUT2D eigenvalue weighted by atomic mass is 10.1. The van der Waals surface area contributed by atoms with Gasteiger partial charge >= 0.3 is 12.4 Å². The first-order chi connectivity index (χ1) is 12.1. The van der Waals surface area contributed by atoms with Crippen molar-refractivity contribution in [2.75, 3.05) is 6.54 Å². The topological polar surface area (TPSA) is 29.1 Å². The van der Waals surface area contributed by atoms with Gasteiger partial charge in [-0.15, -0.1) is 0 Å². The van der Waals surface area contributed by atoms with E-state index in [9.17, 15) is 31.1 Å². The highest BCUT2D eigenvalue weighted by atomic mass is 19.4. The Morgan fingerprint density at radius 3 is 2.00 bits per heavy atom. The van der Waals surface area contributed by atoms with Crippen LogP contribution in [0.5, 0.6) is 0 Å². The highest BCUT2D eigenvalue weighted by molar-refractivity contribution is 5.78. The highest BCUT2D eigenvalue weighted by Crippen LogP contribution is 2.30. The van der Waals surface area contributed by atoms with Gasteiger partial charge in [-0.2, -0.15) is 26.3 Å². The molecule has 0 radical (unpaired) electrons. The minimum absolute atomic E-state index is 0.170. The molecule has 2 aromatic rings. The second-order valence-corrected chi connectivity index (χ2v) is 5.67. The molecule has 0 saturated carbocycles. The molecule has 8 heteroatoms. The number of amides is 1. The smallest absolute Gasteiger partial charge is 0.355 e. The third-order valence-electron chi connectivity index (χ3n) is 3.64. The number of carbonyl (C=O) groups excluding carboxylic acids is 1. The molecule has 0 spiro atoms. The van der Waals surface area contributed by atoms with Crippen molar-refractivity contribution >= 4 is 5.91 Å². The van der Waals surface area contributed by atoms with Gasteiger partial charge in [-0.25, -0.2) is 0 Å². The monoisotopic (exact) mass is 375 g/mol. The van der Waals surface area contributed by atoms with Gasteiger partial charge in [-0.1, -0.05) is 30.3 Å². The average molecular weight is 375 g/mol. The van der Waals surface area contributed by atoms with Crippen LogP contribution in [0.2, 0.25) is 0 Å². The maximum atomic E-state index is 12.6. The van der Waals surface area contributed by atoms with E-state index in [1.165, 1.54) is 24.3 Å². The fourth-order valence-corrected chi connectivity index (χ4v) is 2.31. The second-order valence-electron chi connectivity index (χ2n) is 5.67. The van der Waals surface area contributed by atoms with Crippen molar-refractivity contribution < 1.29 is 31.1 Å². The van der Waals surface area contributed by atoms with Crippen molar-refractivity contribution in [1.29, 1.82) is 0 Å². The van der Waals surface area contributed by atoms with Gasteiger partial charge in [-0.3, -0.25) is 4.79 Å². The van der Waals surface area contributed by atoms with E-state index in [4.69, 9.17) is 0 Å². The predicted molar refractivity (Wildman–Crippen MR) is 83.3 cm³/mol.